The summed E-state index contributed by atoms with van der Waals surface area (Å²) in [7, 11) is 0. The number of fused-ring (bicyclic) bond motifs is 4. The fraction of sp³-hybridized carbons (Fsp3) is 0.115. The summed E-state index contributed by atoms with van der Waals surface area (Å²) in [6.07, 6.45) is 0.209. The Morgan fingerprint density at radius 3 is 2.55 bits per heavy atom. The van der Waals surface area contributed by atoms with E-state index in [9.17, 15) is 10.1 Å². The van der Waals surface area contributed by atoms with Crippen molar-refractivity contribution in [3.63, 3.8) is 0 Å². The van der Waals surface area contributed by atoms with Gasteiger partial charge in [-0.15, -0.1) is 0 Å². The molecule has 33 heavy (non-hydrogen) atoms. The molecule has 6 rings (SSSR count). The molecule has 0 amide bonds. The average molecular weight is 456 g/mol. The first kappa shape index (κ1) is 19.8. The highest BCUT2D eigenvalue weighted by molar-refractivity contribution is 6.30. The minimum absolute atomic E-state index is 0.0417. The largest absolute Gasteiger partial charge is 0.464 e. The van der Waals surface area contributed by atoms with Crippen LogP contribution in [0.1, 0.15) is 35.4 Å². The third-order valence-corrected chi connectivity index (χ3v) is 6.46. The van der Waals surface area contributed by atoms with Crippen molar-refractivity contribution in [1.29, 1.82) is 0 Å². The van der Waals surface area contributed by atoms with Gasteiger partial charge in [0.25, 0.3) is 5.69 Å². The molecule has 162 valence electrons. The summed E-state index contributed by atoms with van der Waals surface area (Å²) in [5.41, 5.74) is 3.86. The number of hydrogen-bond donors (Lipinski definition) is 0. The predicted octanol–water partition coefficient (Wildman–Crippen LogP) is 6.64. The fourth-order valence-corrected chi connectivity index (χ4v) is 4.76. The molecule has 0 bridgehead atoms. The molecule has 6 nitrogen and oxygen atoms in total. The molecule has 0 N–H and O–H groups in total. The monoisotopic (exact) mass is 455 g/mol. The Hall–Kier alpha value is -3.90. The lowest BCUT2D eigenvalue weighted by molar-refractivity contribution is -0.384. The summed E-state index contributed by atoms with van der Waals surface area (Å²) in [5.74, 6) is 0.749. The Morgan fingerprint density at radius 2 is 1.76 bits per heavy atom. The van der Waals surface area contributed by atoms with Gasteiger partial charge in [-0.1, -0.05) is 48.0 Å². The van der Waals surface area contributed by atoms with E-state index < -0.39 is 11.2 Å². The zero-order valence-electron chi connectivity index (χ0n) is 17.4. The summed E-state index contributed by atoms with van der Waals surface area (Å²) in [6.45, 7) is 0. The first-order valence-corrected chi connectivity index (χ1v) is 11.0. The highest BCUT2D eigenvalue weighted by Crippen LogP contribution is 2.48. The van der Waals surface area contributed by atoms with Crippen LogP contribution < -0.4 is 4.74 Å². The van der Waals surface area contributed by atoms with E-state index in [4.69, 9.17) is 21.4 Å². The van der Waals surface area contributed by atoms with Gasteiger partial charge in [0.1, 0.15) is 5.75 Å². The normalized spacial score (nSPS) is 18.9. The van der Waals surface area contributed by atoms with Crippen LogP contribution in [0.25, 0.3) is 10.8 Å². The van der Waals surface area contributed by atoms with Gasteiger partial charge in [-0.3, -0.25) is 10.1 Å². The molecule has 0 spiro atoms. The van der Waals surface area contributed by atoms with E-state index in [0.29, 0.717) is 11.4 Å². The van der Waals surface area contributed by atoms with E-state index in [2.05, 4.69) is 30.3 Å². The van der Waals surface area contributed by atoms with Crippen LogP contribution in [-0.2, 0) is 0 Å². The molecule has 0 radical (unpaired) electrons. The summed E-state index contributed by atoms with van der Waals surface area (Å²) >= 11 is 6.31. The Bertz CT molecular complexity index is 1430. The van der Waals surface area contributed by atoms with Gasteiger partial charge in [0, 0.05) is 34.7 Å². The second kappa shape index (κ2) is 7.60. The first-order valence-electron chi connectivity index (χ1n) is 10.6. The maximum atomic E-state index is 11.1. The number of hydrogen-bond acceptors (Lipinski definition) is 5. The SMILES string of the molecule is O=[N+]([O-])c1ccc([C@H]2Oc3ccc(Cl)cc3[C@@H]3CC(c4ccc5ccccc5c4)=NN23)cc1. The zero-order valence-corrected chi connectivity index (χ0v) is 18.1. The van der Waals surface area contributed by atoms with Gasteiger partial charge >= 0.3 is 0 Å². The second-order valence-corrected chi connectivity index (χ2v) is 8.65. The van der Waals surface area contributed by atoms with Crippen molar-refractivity contribution in [2.75, 3.05) is 0 Å². The number of nitro groups is 1. The lowest BCUT2D eigenvalue weighted by Crippen LogP contribution is -2.33. The molecule has 0 fully saturated rings. The molecule has 0 aromatic heterocycles. The minimum atomic E-state index is -0.498. The predicted molar refractivity (Wildman–Crippen MR) is 128 cm³/mol. The van der Waals surface area contributed by atoms with Crippen molar-refractivity contribution < 1.29 is 9.66 Å². The number of non-ortho nitro benzene ring substituents is 1. The standard InChI is InChI=1S/C26H18ClN3O3/c27-20-9-12-25-22(14-20)24-15-23(19-6-5-16-3-1-2-4-18(16)13-19)28-29(24)26(33-25)17-7-10-21(11-8-17)30(31)32/h1-14,24,26H,15H2/t24-,26+/m0/s1. The van der Waals surface area contributed by atoms with Gasteiger partial charge < -0.3 is 4.74 Å². The van der Waals surface area contributed by atoms with Crippen molar-refractivity contribution in [3.05, 3.63) is 117 Å². The molecular weight excluding hydrogens is 438 g/mol. The molecule has 2 heterocycles. The number of nitro benzene ring substituents is 1. The van der Waals surface area contributed by atoms with Crippen molar-refractivity contribution in [2.24, 2.45) is 5.10 Å². The van der Waals surface area contributed by atoms with Crippen LogP contribution in [0.4, 0.5) is 5.69 Å². The summed E-state index contributed by atoms with van der Waals surface area (Å²) in [5, 5.41) is 21.0. The van der Waals surface area contributed by atoms with Crippen LogP contribution in [0, 0.1) is 10.1 Å². The van der Waals surface area contributed by atoms with Gasteiger partial charge in [-0.2, -0.15) is 5.10 Å². The quantitative estimate of drug-likeness (QED) is 0.256. The zero-order chi connectivity index (χ0) is 22.5. The summed E-state index contributed by atoms with van der Waals surface area (Å²) < 4.78 is 6.33. The Labute approximate surface area is 194 Å². The molecule has 0 saturated carbocycles. The van der Waals surface area contributed by atoms with Crippen LogP contribution in [0.5, 0.6) is 5.75 Å². The molecule has 4 aromatic carbocycles. The number of rotatable bonds is 3. The maximum Gasteiger partial charge on any atom is 0.269 e. The highest BCUT2D eigenvalue weighted by atomic mass is 35.5. The minimum Gasteiger partial charge on any atom is -0.464 e. The topological polar surface area (TPSA) is 68.0 Å². The van der Waals surface area contributed by atoms with Crippen molar-refractivity contribution in [1.82, 2.24) is 5.01 Å². The van der Waals surface area contributed by atoms with Crippen LogP contribution in [0.2, 0.25) is 5.02 Å². The van der Waals surface area contributed by atoms with Crippen LogP contribution in [0.3, 0.4) is 0 Å². The summed E-state index contributed by atoms with van der Waals surface area (Å²) in [6, 6.07) is 26.6. The smallest absolute Gasteiger partial charge is 0.269 e. The Kier molecular flexibility index (Phi) is 4.55. The number of benzene rings is 4. The van der Waals surface area contributed by atoms with E-state index >= 15 is 0 Å². The fourth-order valence-electron chi connectivity index (χ4n) is 4.58. The summed E-state index contributed by atoms with van der Waals surface area (Å²) in [4.78, 5) is 10.7. The molecule has 4 aromatic rings. The van der Waals surface area contributed by atoms with Gasteiger partial charge in [-0.05, 0) is 52.7 Å². The molecular formula is C26H18ClN3O3. The number of hydrazone groups is 1. The lowest BCUT2D eigenvalue weighted by atomic mass is 9.95. The van der Waals surface area contributed by atoms with E-state index in [-0.39, 0.29) is 11.7 Å². The second-order valence-electron chi connectivity index (χ2n) is 8.21. The van der Waals surface area contributed by atoms with E-state index in [1.54, 1.807) is 12.1 Å². The number of halogens is 1. The third kappa shape index (κ3) is 3.39. The molecule has 0 aliphatic carbocycles. The molecule has 2 aliphatic rings. The average Bonchev–Trinajstić information content (AvgIpc) is 3.29. The number of nitrogens with zero attached hydrogens (tertiary/aromatic N) is 3. The van der Waals surface area contributed by atoms with Crippen LogP contribution in [-0.4, -0.2) is 15.6 Å². The maximum absolute atomic E-state index is 11.1. The van der Waals surface area contributed by atoms with Crippen molar-refractivity contribution in [2.45, 2.75) is 18.7 Å². The van der Waals surface area contributed by atoms with Crippen LogP contribution >= 0.6 is 11.6 Å². The van der Waals surface area contributed by atoms with Gasteiger partial charge in [0.15, 0.2) is 0 Å². The third-order valence-electron chi connectivity index (χ3n) is 6.22. The van der Waals surface area contributed by atoms with Gasteiger partial charge in [-0.25, -0.2) is 5.01 Å². The molecule has 2 aliphatic heterocycles. The molecule has 0 saturated heterocycles. The van der Waals surface area contributed by atoms with Crippen molar-refractivity contribution in [3.8, 4) is 5.75 Å². The van der Waals surface area contributed by atoms with Gasteiger partial charge in [0.05, 0.1) is 16.7 Å². The van der Waals surface area contributed by atoms with Gasteiger partial charge in [0.2, 0.25) is 6.23 Å². The van der Waals surface area contributed by atoms with E-state index in [0.717, 1.165) is 33.5 Å². The Balaban J connectivity index is 1.43. The lowest BCUT2D eigenvalue weighted by Gasteiger charge is -2.38. The number of ether oxygens (including phenoxy) is 1. The van der Waals surface area contributed by atoms with Crippen LogP contribution in [0.15, 0.2) is 90.0 Å². The van der Waals surface area contributed by atoms with E-state index in [1.165, 1.54) is 17.5 Å². The first-order chi connectivity index (χ1) is 16.1. The molecule has 7 heteroatoms. The Morgan fingerprint density at radius 1 is 0.970 bits per heavy atom. The highest BCUT2D eigenvalue weighted by Gasteiger charge is 2.41. The molecule has 0 unspecified atom stereocenters. The molecule has 2 atom stereocenters. The van der Waals surface area contributed by atoms with Crippen molar-refractivity contribution >= 4 is 33.8 Å². The van der Waals surface area contributed by atoms with E-state index in [1.807, 2.05) is 35.3 Å².